The smallest absolute Gasteiger partial charge is 0.159 e. The predicted octanol–water partition coefficient (Wildman–Crippen LogP) is 3.86. The number of hydrogen-bond donors (Lipinski definition) is 2. The van der Waals surface area contributed by atoms with E-state index in [0.29, 0.717) is 0 Å². The summed E-state index contributed by atoms with van der Waals surface area (Å²) in [4.78, 5) is 10.6. The fourth-order valence-electron chi connectivity index (χ4n) is 3.82. The minimum atomic E-state index is -0.130. The molecule has 1 spiro atoms. The molecule has 1 fully saturated rings. The van der Waals surface area contributed by atoms with Gasteiger partial charge in [-0.25, -0.2) is 9.67 Å². The van der Waals surface area contributed by atoms with Crippen LogP contribution in [-0.4, -0.2) is 20.4 Å². The Morgan fingerprint density at radius 1 is 1.22 bits per heavy atom. The van der Waals surface area contributed by atoms with Crippen LogP contribution in [0.15, 0.2) is 48.8 Å². The lowest BCUT2D eigenvalue weighted by molar-refractivity contribution is -0.0821. The van der Waals surface area contributed by atoms with Gasteiger partial charge in [0.15, 0.2) is 5.65 Å². The summed E-state index contributed by atoms with van der Waals surface area (Å²) in [5.74, 6) is 0. The summed E-state index contributed by atoms with van der Waals surface area (Å²) in [6, 6.07) is 10.4. The normalized spacial score (nSPS) is 17.6. The second-order valence-corrected chi connectivity index (χ2v) is 7.26. The lowest BCUT2D eigenvalue weighted by Crippen LogP contribution is -2.36. The van der Waals surface area contributed by atoms with Crippen molar-refractivity contribution >= 4 is 22.4 Å². The average molecular weight is 361 g/mol. The molecule has 0 amide bonds. The number of anilines is 1. The highest BCUT2D eigenvalue weighted by Crippen LogP contribution is 2.43. The van der Waals surface area contributed by atoms with Gasteiger partial charge in [0.25, 0.3) is 0 Å². The first-order valence-electron chi connectivity index (χ1n) is 9.57. The molecular weight excluding hydrogens is 338 g/mol. The monoisotopic (exact) mass is 361 g/mol. The van der Waals surface area contributed by atoms with Gasteiger partial charge in [-0.05, 0) is 37.8 Å². The van der Waals surface area contributed by atoms with Crippen molar-refractivity contribution in [2.24, 2.45) is 0 Å². The minimum Gasteiger partial charge on any atom is -0.380 e. The molecule has 27 heavy (non-hydrogen) atoms. The van der Waals surface area contributed by atoms with Crippen LogP contribution in [0.1, 0.15) is 37.3 Å². The Kier molecular flexibility index (Phi) is 3.86. The summed E-state index contributed by atoms with van der Waals surface area (Å²) in [6.45, 7) is 3.61. The zero-order chi connectivity index (χ0) is 18.3. The quantitative estimate of drug-likeness (QED) is 0.722. The van der Waals surface area contributed by atoms with E-state index < -0.39 is 0 Å². The molecule has 0 radical (unpaired) electrons. The summed E-state index contributed by atoms with van der Waals surface area (Å²) >= 11 is 0. The van der Waals surface area contributed by atoms with Crippen LogP contribution in [0.2, 0.25) is 0 Å². The maximum absolute atomic E-state index is 5.88. The Bertz CT molecular complexity index is 1000. The van der Waals surface area contributed by atoms with Crippen LogP contribution in [0, 0.1) is 0 Å². The van der Waals surface area contributed by atoms with E-state index in [4.69, 9.17) is 4.84 Å². The largest absolute Gasteiger partial charge is 0.380 e. The molecule has 0 atom stereocenters. The van der Waals surface area contributed by atoms with Gasteiger partial charge < -0.3 is 5.32 Å². The number of rotatable bonds is 5. The number of fused-ring (bicyclic) bond motifs is 1. The molecule has 1 aromatic carbocycles. The molecule has 0 saturated heterocycles. The lowest BCUT2D eigenvalue weighted by Gasteiger charge is -2.33. The Labute approximate surface area is 158 Å². The highest BCUT2D eigenvalue weighted by Gasteiger charge is 2.41. The predicted molar refractivity (Wildman–Crippen MR) is 106 cm³/mol. The molecule has 138 valence electrons. The van der Waals surface area contributed by atoms with Crippen molar-refractivity contribution in [3.05, 3.63) is 59.9 Å². The Morgan fingerprint density at radius 2 is 2.07 bits per heavy atom. The third-order valence-electron chi connectivity index (χ3n) is 5.54. The van der Waals surface area contributed by atoms with Crippen LogP contribution < -0.4 is 10.8 Å². The van der Waals surface area contributed by atoms with Crippen molar-refractivity contribution in [3.63, 3.8) is 0 Å². The van der Waals surface area contributed by atoms with Gasteiger partial charge in [0, 0.05) is 24.8 Å². The SMILES string of the molecule is CCn1ncc2c(NCc3ccccc3)c(C3=CC4(CCC4)ON3)cnc21. The number of nitrogens with zero attached hydrogens (tertiary/aromatic N) is 3. The van der Waals surface area contributed by atoms with Crippen molar-refractivity contribution in [2.75, 3.05) is 5.32 Å². The molecule has 2 N–H and O–H groups in total. The maximum Gasteiger partial charge on any atom is 0.159 e. The van der Waals surface area contributed by atoms with E-state index in [0.717, 1.165) is 53.9 Å². The van der Waals surface area contributed by atoms with Crippen LogP contribution in [0.3, 0.4) is 0 Å². The second kappa shape index (κ2) is 6.39. The zero-order valence-corrected chi connectivity index (χ0v) is 15.4. The molecule has 6 heteroatoms. The number of pyridine rings is 1. The summed E-state index contributed by atoms with van der Waals surface area (Å²) < 4.78 is 1.92. The highest BCUT2D eigenvalue weighted by atomic mass is 16.7. The van der Waals surface area contributed by atoms with Crippen LogP contribution >= 0.6 is 0 Å². The van der Waals surface area contributed by atoms with E-state index in [1.165, 1.54) is 12.0 Å². The number of aromatic nitrogens is 3. The van der Waals surface area contributed by atoms with E-state index in [2.05, 4.69) is 58.1 Å². The van der Waals surface area contributed by atoms with E-state index in [9.17, 15) is 0 Å². The molecule has 1 saturated carbocycles. The van der Waals surface area contributed by atoms with Gasteiger partial charge in [-0.3, -0.25) is 10.3 Å². The highest BCUT2D eigenvalue weighted by molar-refractivity contribution is 5.95. The van der Waals surface area contributed by atoms with Crippen molar-refractivity contribution in [3.8, 4) is 0 Å². The van der Waals surface area contributed by atoms with Crippen LogP contribution in [0.5, 0.6) is 0 Å². The molecule has 1 aliphatic carbocycles. The first kappa shape index (κ1) is 16.3. The number of benzene rings is 1. The molecule has 0 unspecified atom stereocenters. The van der Waals surface area contributed by atoms with E-state index in [1.807, 2.05) is 23.1 Å². The fraction of sp³-hybridized carbons (Fsp3) is 0.333. The van der Waals surface area contributed by atoms with Gasteiger partial charge >= 0.3 is 0 Å². The first-order valence-corrected chi connectivity index (χ1v) is 9.57. The number of aryl methyl sites for hydroxylation is 1. The summed E-state index contributed by atoms with van der Waals surface area (Å²) in [7, 11) is 0. The third kappa shape index (κ3) is 2.77. The van der Waals surface area contributed by atoms with Gasteiger partial charge in [-0.15, -0.1) is 0 Å². The first-order chi connectivity index (χ1) is 13.3. The van der Waals surface area contributed by atoms with Crippen molar-refractivity contribution < 1.29 is 4.84 Å². The number of hydrogen-bond acceptors (Lipinski definition) is 5. The molecule has 2 aromatic heterocycles. The van der Waals surface area contributed by atoms with Gasteiger partial charge in [-0.2, -0.15) is 5.10 Å². The Balaban J connectivity index is 1.56. The minimum absolute atomic E-state index is 0.130. The van der Waals surface area contributed by atoms with Gasteiger partial charge in [0.05, 0.1) is 23.0 Å². The topological polar surface area (TPSA) is 64.0 Å². The Morgan fingerprint density at radius 3 is 2.78 bits per heavy atom. The molecule has 6 nitrogen and oxygen atoms in total. The fourth-order valence-corrected chi connectivity index (χ4v) is 3.82. The van der Waals surface area contributed by atoms with E-state index >= 15 is 0 Å². The lowest BCUT2D eigenvalue weighted by atomic mass is 9.80. The van der Waals surface area contributed by atoms with Crippen LogP contribution in [-0.2, 0) is 17.9 Å². The van der Waals surface area contributed by atoms with E-state index in [1.54, 1.807) is 0 Å². The van der Waals surface area contributed by atoms with Crippen molar-refractivity contribution in [1.82, 2.24) is 20.2 Å². The van der Waals surface area contributed by atoms with Gasteiger partial charge in [0.1, 0.15) is 5.60 Å². The zero-order valence-electron chi connectivity index (χ0n) is 15.4. The van der Waals surface area contributed by atoms with Crippen LogP contribution in [0.25, 0.3) is 16.7 Å². The standard InChI is InChI=1S/C21H23N5O/c1-2-26-20-17(14-24-26)19(22-12-15-7-4-3-5-8-15)16(13-23-20)18-11-21(27-25-18)9-6-10-21/h3-5,7-8,11,13-14,25H,2,6,9-10,12H2,1H3,(H,22,23). The summed E-state index contributed by atoms with van der Waals surface area (Å²) in [5.41, 5.74) is 8.20. The van der Waals surface area contributed by atoms with Gasteiger partial charge in [0.2, 0.25) is 0 Å². The van der Waals surface area contributed by atoms with Gasteiger partial charge in [-0.1, -0.05) is 30.3 Å². The van der Waals surface area contributed by atoms with Crippen molar-refractivity contribution in [1.29, 1.82) is 0 Å². The average Bonchev–Trinajstić information content (AvgIpc) is 3.31. The molecule has 0 bridgehead atoms. The van der Waals surface area contributed by atoms with Crippen molar-refractivity contribution in [2.45, 2.75) is 44.9 Å². The molecule has 3 aromatic rings. The third-order valence-corrected chi connectivity index (χ3v) is 5.54. The summed E-state index contributed by atoms with van der Waals surface area (Å²) in [5, 5.41) is 9.15. The van der Waals surface area contributed by atoms with Crippen LogP contribution in [0.4, 0.5) is 5.69 Å². The maximum atomic E-state index is 5.88. The molecule has 2 aliphatic rings. The Hall–Kier alpha value is -2.86. The molecular formula is C21H23N5O. The summed E-state index contributed by atoms with van der Waals surface area (Å²) in [6.07, 6.45) is 9.39. The molecule has 3 heterocycles. The number of hydroxylamine groups is 1. The van der Waals surface area contributed by atoms with E-state index in [-0.39, 0.29) is 5.60 Å². The molecule has 1 aliphatic heterocycles. The molecule has 5 rings (SSSR count). The second-order valence-electron chi connectivity index (χ2n) is 7.26. The number of nitrogens with one attached hydrogen (secondary N) is 2.